The molecule has 0 saturated carbocycles. The maximum absolute atomic E-state index is 14.0. The Balaban J connectivity index is 2.28. The molecule has 0 saturated heterocycles. The zero-order chi connectivity index (χ0) is 19.5. The van der Waals surface area contributed by atoms with Crippen molar-refractivity contribution in [3.63, 3.8) is 0 Å². The Morgan fingerprint density at radius 3 is 2.23 bits per heavy atom. The molecule has 0 fully saturated rings. The molecule has 9 heteroatoms. The second-order valence-corrected chi connectivity index (χ2v) is 7.60. The molecule has 138 valence electrons. The molecule has 0 spiro atoms. The Hall–Kier alpha value is -2.78. The number of carbonyl (C=O) groups excluding carboxylic acids is 2. The molecule has 0 bridgehead atoms. The number of methoxy groups -OCH3 is 1. The van der Waals surface area contributed by atoms with Crippen molar-refractivity contribution in [3.05, 3.63) is 59.4 Å². The van der Waals surface area contributed by atoms with Gasteiger partial charge in [0.1, 0.15) is 5.82 Å². The quantitative estimate of drug-likeness (QED) is 0.802. The number of nitrogens with zero attached hydrogens (tertiary/aromatic N) is 1. The van der Waals surface area contributed by atoms with Gasteiger partial charge in [0.05, 0.1) is 23.1 Å². The third-order valence-electron chi connectivity index (χ3n) is 3.52. The molecule has 0 heterocycles. The van der Waals surface area contributed by atoms with Crippen molar-refractivity contribution in [2.24, 2.45) is 0 Å². The van der Waals surface area contributed by atoms with Gasteiger partial charge in [0, 0.05) is 19.8 Å². The normalized spacial score (nSPS) is 11.3. The molecule has 0 unspecified atom stereocenters. The van der Waals surface area contributed by atoms with Crippen molar-refractivity contribution in [1.82, 2.24) is 4.31 Å². The third-order valence-corrected chi connectivity index (χ3v) is 5.34. The first-order chi connectivity index (χ1) is 12.2. The fourth-order valence-electron chi connectivity index (χ4n) is 2.06. The second kappa shape index (κ2) is 7.63. The van der Waals surface area contributed by atoms with Gasteiger partial charge in [-0.3, -0.25) is 4.79 Å². The summed E-state index contributed by atoms with van der Waals surface area (Å²) in [7, 11) is 0.110. The van der Waals surface area contributed by atoms with Gasteiger partial charge in [-0.1, -0.05) is 0 Å². The summed E-state index contributed by atoms with van der Waals surface area (Å²) in [6.45, 7) is 0. The predicted molar refractivity (Wildman–Crippen MR) is 93.0 cm³/mol. The van der Waals surface area contributed by atoms with Gasteiger partial charge < -0.3 is 10.1 Å². The smallest absolute Gasteiger partial charge is 0.337 e. The second-order valence-electron chi connectivity index (χ2n) is 5.45. The van der Waals surface area contributed by atoms with Crippen molar-refractivity contribution in [1.29, 1.82) is 0 Å². The van der Waals surface area contributed by atoms with E-state index in [-0.39, 0.29) is 10.5 Å². The van der Waals surface area contributed by atoms with Gasteiger partial charge in [-0.25, -0.2) is 21.9 Å². The number of ether oxygens (including phenoxy) is 1. The van der Waals surface area contributed by atoms with Crippen LogP contribution in [0.15, 0.2) is 47.4 Å². The molecule has 0 aliphatic rings. The van der Waals surface area contributed by atoms with Crippen LogP contribution in [0, 0.1) is 5.82 Å². The molecule has 0 atom stereocenters. The van der Waals surface area contributed by atoms with Gasteiger partial charge in [-0.2, -0.15) is 0 Å². The first-order valence-corrected chi connectivity index (χ1v) is 8.82. The summed E-state index contributed by atoms with van der Waals surface area (Å²) in [4.78, 5) is 23.5. The van der Waals surface area contributed by atoms with Crippen LogP contribution in [0.2, 0.25) is 0 Å². The Kier molecular flexibility index (Phi) is 5.73. The summed E-state index contributed by atoms with van der Waals surface area (Å²) in [6, 6.07) is 8.75. The minimum Gasteiger partial charge on any atom is -0.465 e. The lowest BCUT2D eigenvalue weighted by molar-refractivity contribution is 0.0600. The van der Waals surface area contributed by atoms with Crippen LogP contribution in [0.5, 0.6) is 0 Å². The molecule has 0 aliphatic carbocycles. The van der Waals surface area contributed by atoms with Crippen molar-refractivity contribution in [2.45, 2.75) is 4.90 Å². The molecular formula is C17H17FN2O5S. The number of esters is 1. The highest BCUT2D eigenvalue weighted by Crippen LogP contribution is 2.19. The zero-order valence-corrected chi connectivity index (χ0v) is 15.1. The predicted octanol–water partition coefficient (Wildman–Crippen LogP) is 2.11. The summed E-state index contributed by atoms with van der Waals surface area (Å²) in [5.41, 5.74) is 0.184. The number of hydrogen-bond donors (Lipinski definition) is 1. The summed E-state index contributed by atoms with van der Waals surface area (Å²) in [5, 5.41) is 2.45. The van der Waals surface area contributed by atoms with E-state index in [1.165, 1.54) is 45.5 Å². The van der Waals surface area contributed by atoms with Gasteiger partial charge >= 0.3 is 5.97 Å². The molecular weight excluding hydrogens is 363 g/mol. The summed E-state index contributed by atoms with van der Waals surface area (Å²) >= 11 is 0. The molecule has 0 aliphatic heterocycles. The van der Waals surface area contributed by atoms with E-state index in [2.05, 4.69) is 10.1 Å². The standard InChI is InChI=1S/C17H17FN2O5S/c1-20(2)26(23,24)13-8-9-15(18)14(10-13)16(21)19-12-6-4-11(5-7-12)17(22)25-3/h4-10H,1-3H3,(H,19,21). The molecule has 2 rings (SSSR count). The number of rotatable bonds is 5. The molecule has 0 radical (unpaired) electrons. The SMILES string of the molecule is COC(=O)c1ccc(NC(=O)c2cc(S(=O)(=O)N(C)C)ccc2F)cc1. The maximum Gasteiger partial charge on any atom is 0.337 e. The van der Waals surface area contributed by atoms with Crippen LogP contribution in [0.3, 0.4) is 0 Å². The number of nitrogens with one attached hydrogen (secondary N) is 1. The van der Waals surface area contributed by atoms with E-state index in [0.717, 1.165) is 22.5 Å². The number of hydrogen-bond acceptors (Lipinski definition) is 5. The molecule has 1 amide bonds. The largest absolute Gasteiger partial charge is 0.465 e. The first-order valence-electron chi connectivity index (χ1n) is 7.38. The van der Waals surface area contributed by atoms with Crippen molar-refractivity contribution < 1.29 is 27.1 Å². The Morgan fingerprint density at radius 1 is 1.08 bits per heavy atom. The number of benzene rings is 2. The number of halogens is 1. The van der Waals surface area contributed by atoms with E-state index in [1.807, 2.05) is 0 Å². The van der Waals surface area contributed by atoms with E-state index in [4.69, 9.17) is 0 Å². The number of anilines is 1. The highest BCUT2D eigenvalue weighted by atomic mass is 32.2. The van der Waals surface area contributed by atoms with Crippen LogP contribution in [0.1, 0.15) is 20.7 Å². The minimum absolute atomic E-state index is 0.199. The number of amides is 1. The molecule has 2 aromatic carbocycles. The van der Waals surface area contributed by atoms with Gasteiger partial charge in [0.25, 0.3) is 5.91 Å². The highest BCUT2D eigenvalue weighted by Gasteiger charge is 2.21. The van der Waals surface area contributed by atoms with Gasteiger partial charge in [-0.15, -0.1) is 0 Å². The average Bonchev–Trinajstić information content (AvgIpc) is 2.61. The third kappa shape index (κ3) is 4.06. The highest BCUT2D eigenvalue weighted by molar-refractivity contribution is 7.89. The lowest BCUT2D eigenvalue weighted by Crippen LogP contribution is -2.23. The monoisotopic (exact) mass is 380 g/mol. The minimum atomic E-state index is -3.81. The zero-order valence-electron chi connectivity index (χ0n) is 14.3. The fourth-order valence-corrected chi connectivity index (χ4v) is 2.98. The molecule has 7 nitrogen and oxygen atoms in total. The summed E-state index contributed by atoms with van der Waals surface area (Å²) in [5.74, 6) is -2.20. The van der Waals surface area contributed by atoms with Crippen LogP contribution in [0.25, 0.3) is 0 Å². The van der Waals surface area contributed by atoms with Gasteiger partial charge in [0.15, 0.2) is 0 Å². The van der Waals surface area contributed by atoms with Gasteiger partial charge in [-0.05, 0) is 42.5 Å². The summed E-state index contributed by atoms with van der Waals surface area (Å²) in [6.07, 6.45) is 0. The van der Waals surface area contributed by atoms with Crippen molar-refractivity contribution >= 4 is 27.6 Å². The van der Waals surface area contributed by atoms with Crippen molar-refractivity contribution in [2.75, 3.05) is 26.5 Å². The number of sulfonamides is 1. The topological polar surface area (TPSA) is 92.8 Å². The van der Waals surface area contributed by atoms with Crippen LogP contribution >= 0.6 is 0 Å². The lowest BCUT2D eigenvalue weighted by Gasteiger charge is -2.13. The molecule has 2 aromatic rings. The average molecular weight is 380 g/mol. The van der Waals surface area contributed by atoms with Crippen molar-refractivity contribution in [3.8, 4) is 0 Å². The Morgan fingerprint density at radius 2 is 1.69 bits per heavy atom. The Bertz CT molecular complexity index is 940. The molecule has 0 aromatic heterocycles. The Labute approximate surface area is 150 Å². The fraction of sp³-hybridized carbons (Fsp3) is 0.176. The van der Waals surface area contributed by atoms with Crippen LogP contribution in [-0.2, 0) is 14.8 Å². The molecule has 1 N–H and O–H groups in total. The van der Waals surface area contributed by atoms with E-state index in [9.17, 15) is 22.4 Å². The van der Waals surface area contributed by atoms with Crippen LogP contribution in [-0.4, -0.2) is 45.8 Å². The van der Waals surface area contributed by atoms with E-state index in [1.54, 1.807) is 0 Å². The van der Waals surface area contributed by atoms with E-state index in [0.29, 0.717) is 5.69 Å². The van der Waals surface area contributed by atoms with E-state index >= 15 is 0 Å². The lowest BCUT2D eigenvalue weighted by atomic mass is 10.1. The van der Waals surface area contributed by atoms with Crippen LogP contribution in [0.4, 0.5) is 10.1 Å². The first kappa shape index (κ1) is 19.5. The van der Waals surface area contributed by atoms with Crippen LogP contribution < -0.4 is 5.32 Å². The maximum atomic E-state index is 14.0. The molecule has 26 heavy (non-hydrogen) atoms. The van der Waals surface area contributed by atoms with Gasteiger partial charge in [0.2, 0.25) is 10.0 Å². The number of carbonyl (C=O) groups is 2. The van der Waals surface area contributed by atoms with E-state index < -0.39 is 33.3 Å². The summed E-state index contributed by atoms with van der Waals surface area (Å²) < 4.78 is 43.8.